The van der Waals surface area contributed by atoms with E-state index >= 15 is 0 Å². The Hall–Kier alpha value is -3.97. The number of fused-ring (bicyclic) bond motifs is 2. The van der Waals surface area contributed by atoms with Gasteiger partial charge in [-0.2, -0.15) is 0 Å². The monoisotopic (exact) mass is 417 g/mol. The van der Waals surface area contributed by atoms with Crippen LogP contribution in [0.2, 0.25) is 0 Å². The third kappa shape index (κ3) is 3.55. The molecular formula is C24H19NO6. The van der Waals surface area contributed by atoms with Gasteiger partial charge in [-0.3, -0.25) is 14.9 Å². The molecule has 0 aromatic heterocycles. The second-order valence-corrected chi connectivity index (χ2v) is 7.14. The Morgan fingerprint density at radius 2 is 1.61 bits per heavy atom. The van der Waals surface area contributed by atoms with E-state index in [-0.39, 0.29) is 40.3 Å². The van der Waals surface area contributed by atoms with Crippen LogP contribution in [0.15, 0.2) is 60.7 Å². The standard InChI is InChI=1S/C24H19NO6/c1-31-24(30)21(14-6-3-2-4-7-14)25-12-13-10-16-20(18(27)11-13)23(29)19-15(22(16)28)8-5-9-17(19)26/h2-11,21,25-27H,12H2,1H3/t21-/m0/s1. The van der Waals surface area contributed by atoms with Crippen molar-refractivity contribution >= 4 is 17.5 Å². The Morgan fingerprint density at radius 3 is 2.32 bits per heavy atom. The van der Waals surface area contributed by atoms with Gasteiger partial charge in [0.05, 0.1) is 18.2 Å². The second-order valence-electron chi connectivity index (χ2n) is 7.14. The Balaban J connectivity index is 1.67. The molecule has 156 valence electrons. The van der Waals surface area contributed by atoms with Crippen molar-refractivity contribution < 1.29 is 29.3 Å². The number of carbonyl (C=O) groups is 3. The number of esters is 1. The van der Waals surface area contributed by atoms with Gasteiger partial charge in [0.15, 0.2) is 5.78 Å². The van der Waals surface area contributed by atoms with Crippen molar-refractivity contribution in [2.45, 2.75) is 12.6 Å². The molecule has 7 nitrogen and oxygen atoms in total. The lowest BCUT2D eigenvalue weighted by Crippen LogP contribution is -2.29. The maximum Gasteiger partial charge on any atom is 0.327 e. The number of ether oxygens (including phenoxy) is 1. The molecule has 1 aliphatic carbocycles. The Morgan fingerprint density at radius 1 is 0.903 bits per heavy atom. The van der Waals surface area contributed by atoms with E-state index in [0.717, 1.165) is 0 Å². The van der Waals surface area contributed by atoms with Crippen LogP contribution in [0.5, 0.6) is 11.5 Å². The van der Waals surface area contributed by atoms with Crippen LogP contribution in [0.25, 0.3) is 0 Å². The van der Waals surface area contributed by atoms with Gasteiger partial charge in [-0.1, -0.05) is 42.5 Å². The van der Waals surface area contributed by atoms with Crippen LogP contribution in [0, 0.1) is 0 Å². The van der Waals surface area contributed by atoms with Crippen LogP contribution in [0.4, 0.5) is 0 Å². The minimum absolute atomic E-state index is 0.0502. The molecular weight excluding hydrogens is 398 g/mol. The van der Waals surface area contributed by atoms with Crippen molar-refractivity contribution in [2.24, 2.45) is 0 Å². The molecule has 0 radical (unpaired) electrons. The number of hydrogen-bond acceptors (Lipinski definition) is 7. The zero-order valence-electron chi connectivity index (χ0n) is 16.6. The number of ketones is 2. The topological polar surface area (TPSA) is 113 Å². The molecule has 4 rings (SSSR count). The van der Waals surface area contributed by atoms with Gasteiger partial charge in [0.25, 0.3) is 0 Å². The van der Waals surface area contributed by atoms with Crippen LogP contribution in [-0.4, -0.2) is 34.9 Å². The van der Waals surface area contributed by atoms with E-state index in [0.29, 0.717) is 11.1 Å². The number of rotatable bonds is 5. The number of benzene rings is 3. The molecule has 0 spiro atoms. The molecule has 3 N–H and O–H groups in total. The summed E-state index contributed by atoms with van der Waals surface area (Å²) >= 11 is 0. The first-order valence-electron chi connectivity index (χ1n) is 9.55. The number of hydrogen-bond donors (Lipinski definition) is 3. The number of phenols is 2. The summed E-state index contributed by atoms with van der Waals surface area (Å²) < 4.78 is 4.88. The van der Waals surface area contributed by atoms with Crippen LogP contribution >= 0.6 is 0 Å². The highest BCUT2D eigenvalue weighted by Gasteiger charge is 2.34. The molecule has 0 bridgehead atoms. The van der Waals surface area contributed by atoms with Crippen LogP contribution in [0.3, 0.4) is 0 Å². The summed E-state index contributed by atoms with van der Waals surface area (Å²) in [6.45, 7) is 0.129. The summed E-state index contributed by atoms with van der Waals surface area (Å²) in [6.07, 6.45) is 0. The van der Waals surface area contributed by atoms with E-state index in [1.165, 1.54) is 37.4 Å². The highest BCUT2D eigenvalue weighted by molar-refractivity contribution is 6.30. The first-order valence-corrected chi connectivity index (χ1v) is 9.55. The average molecular weight is 417 g/mol. The van der Waals surface area contributed by atoms with Gasteiger partial charge < -0.3 is 14.9 Å². The molecule has 0 aliphatic heterocycles. The fourth-order valence-electron chi connectivity index (χ4n) is 3.76. The second kappa shape index (κ2) is 8.04. The minimum Gasteiger partial charge on any atom is -0.507 e. The van der Waals surface area contributed by atoms with Crippen molar-refractivity contribution in [3.8, 4) is 11.5 Å². The summed E-state index contributed by atoms with van der Waals surface area (Å²) in [4.78, 5) is 38.0. The van der Waals surface area contributed by atoms with E-state index in [9.17, 15) is 24.6 Å². The smallest absolute Gasteiger partial charge is 0.327 e. The van der Waals surface area contributed by atoms with Crippen molar-refractivity contribution in [2.75, 3.05) is 7.11 Å². The third-order valence-electron chi connectivity index (χ3n) is 5.24. The molecule has 0 heterocycles. The van der Waals surface area contributed by atoms with Crippen molar-refractivity contribution in [3.63, 3.8) is 0 Å². The zero-order valence-corrected chi connectivity index (χ0v) is 16.6. The molecule has 3 aromatic carbocycles. The Bertz CT molecular complexity index is 1200. The van der Waals surface area contributed by atoms with E-state index in [2.05, 4.69) is 5.32 Å². The van der Waals surface area contributed by atoms with E-state index in [1.807, 2.05) is 6.07 Å². The SMILES string of the molecule is COC(=O)[C@@H](NCc1cc(O)c2c(c1)C(=O)c1cccc(O)c1C2=O)c1ccccc1. The van der Waals surface area contributed by atoms with Crippen LogP contribution in [0.1, 0.15) is 49.0 Å². The number of phenolic OH excluding ortho intramolecular Hbond substituents is 2. The van der Waals surface area contributed by atoms with Gasteiger partial charge in [0, 0.05) is 17.7 Å². The van der Waals surface area contributed by atoms with Crippen molar-refractivity contribution in [1.29, 1.82) is 0 Å². The zero-order chi connectivity index (χ0) is 22.1. The number of aromatic hydroxyl groups is 2. The summed E-state index contributed by atoms with van der Waals surface area (Å²) in [5.41, 5.74) is 1.08. The quantitative estimate of drug-likeness (QED) is 0.428. The number of nitrogens with one attached hydrogen (secondary N) is 1. The molecule has 0 fully saturated rings. The predicted octanol–water partition coefficient (Wildman–Crippen LogP) is 2.88. The first-order chi connectivity index (χ1) is 14.9. The van der Waals surface area contributed by atoms with E-state index < -0.39 is 23.6 Å². The molecule has 0 unspecified atom stereocenters. The summed E-state index contributed by atoms with van der Waals surface area (Å²) in [7, 11) is 1.29. The lowest BCUT2D eigenvalue weighted by atomic mass is 9.82. The molecule has 0 saturated carbocycles. The molecule has 1 aliphatic rings. The molecule has 0 amide bonds. The molecule has 31 heavy (non-hydrogen) atoms. The Kier molecular flexibility index (Phi) is 5.27. The fourth-order valence-corrected chi connectivity index (χ4v) is 3.76. The highest BCUT2D eigenvalue weighted by atomic mass is 16.5. The van der Waals surface area contributed by atoms with Crippen molar-refractivity contribution in [3.05, 3.63) is 94.0 Å². The fraction of sp³-hybridized carbons (Fsp3) is 0.125. The summed E-state index contributed by atoms with van der Waals surface area (Å²) in [5, 5.41) is 23.6. The average Bonchev–Trinajstić information content (AvgIpc) is 2.77. The maximum absolute atomic E-state index is 13.0. The van der Waals surface area contributed by atoms with Gasteiger partial charge in [0.1, 0.15) is 17.5 Å². The van der Waals surface area contributed by atoms with Gasteiger partial charge in [0.2, 0.25) is 5.78 Å². The lowest BCUT2D eigenvalue weighted by Gasteiger charge is -2.21. The molecule has 7 heteroatoms. The molecule has 0 saturated heterocycles. The van der Waals surface area contributed by atoms with Gasteiger partial charge in [-0.25, -0.2) is 4.79 Å². The maximum atomic E-state index is 13.0. The third-order valence-corrected chi connectivity index (χ3v) is 5.24. The van der Waals surface area contributed by atoms with E-state index in [1.54, 1.807) is 24.3 Å². The number of carbonyl (C=O) groups excluding carboxylic acids is 3. The first kappa shape index (κ1) is 20.3. The highest BCUT2D eigenvalue weighted by Crippen LogP contribution is 2.37. The predicted molar refractivity (Wildman–Crippen MR) is 111 cm³/mol. The summed E-state index contributed by atoms with van der Waals surface area (Å²) in [5.74, 6) is -2.24. The minimum atomic E-state index is -0.751. The lowest BCUT2D eigenvalue weighted by molar-refractivity contribution is -0.143. The van der Waals surface area contributed by atoms with Gasteiger partial charge in [-0.15, -0.1) is 0 Å². The molecule has 1 atom stereocenters. The van der Waals surface area contributed by atoms with Gasteiger partial charge >= 0.3 is 5.97 Å². The summed E-state index contributed by atoms with van der Waals surface area (Å²) in [6, 6.07) is 15.4. The molecule has 3 aromatic rings. The van der Waals surface area contributed by atoms with Gasteiger partial charge in [-0.05, 0) is 29.3 Å². The van der Waals surface area contributed by atoms with Crippen molar-refractivity contribution in [1.82, 2.24) is 5.32 Å². The normalized spacial score (nSPS) is 13.3. The van der Waals surface area contributed by atoms with E-state index in [4.69, 9.17) is 4.74 Å². The number of methoxy groups -OCH3 is 1. The Labute approximate surface area is 177 Å². The van der Waals surface area contributed by atoms with Crippen LogP contribution in [-0.2, 0) is 16.1 Å². The largest absolute Gasteiger partial charge is 0.507 e. The van der Waals surface area contributed by atoms with Crippen LogP contribution < -0.4 is 5.32 Å².